The number of nitrogens with zero attached hydrogens (tertiary/aromatic N) is 2. The third-order valence-electron chi connectivity index (χ3n) is 4.26. The van der Waals surface area contributed by atoms with E-state index in [1.807, 2.05) is 0 Å². The second kappa shape index (κ2) is 7.15. The van der Waals surface area contributed by atoms with Crippen molar-refractivity contribution in [2.24, 2.45) is 0 Å². The number of carbonyl (C=O) groups excluding carboxylic acids is 2. The van der Waals surface area contributed by atoms with Crippen LogP contribution in [-0.2, 0) is 9.53 Å². The molecule has 2 saturated heterocycles. The Bertz CT molecular complexity index is 759. The Labute approximate surface area is 155 Å². The predicted octanol–water partition coefficient (Wildman–Crippen LogP) is 1.57. The third-order valence-corrected chi connectivity index (χ3v) is 4.26. The van der Waals surface area contributed by atoms with Gasteiger partial charge >= 0.3 is 6.18 Å². The molecule has 0 atom stereocenters. The molecule has 0 aromatic carbocycles. The van der Waals surface area contributed by atoms with Crippen LogP contribution in [0.25, 0.3) is 0 Å². The van der Waals surface area contributed by atoms with Crippen LogP contribution in [0.3, 0.4) is 0 Å². The molecular weight excluding hydrogens is 393 g/mol. The van der Waals surface area contributed by atoms with Crippen LogP contribution in [0.5, 0.6) is 5.75 Å². The summed E-state index contributed by atoms with van der Waals surface area (Å²) in [5.74, 6) is -4.09. The van der Waals surface area contributed by atoms with Crippen LogP contribution in [-0.4, -0.2) is 67.7 Å². The molecule has 2 aliphatic rings. The molecule has 3 rings (SSSR count). The lowest BCUT2D eigenvalue weighted by atomic mass is 9.93. The summed E-state index contributed by atoms with van der Waals surface area (Å²) < 4.78 is 73.5. The van der Waals surface area contributed by atoms with Crippen LogP contribution in [0.1, 0.15) is 16.9 Å². The number of amides is 1. The molecule has 1 aromatic rings. The van der Waals surface area contributed by atoms with Gasteiger partial charge in [0.2, 0.25) is 0 Å². The smallest absolute Gasteiger partial charge is 0.422 e. The maximum absolute atomic E-state index is 13.1. The molecule has 3 heterocycles. The highest BCUT2D eigenvalue weighted by Crippen LogP contribution is 2.38. The van der Waals surface area contributed by atoms with Gasteiger partial charge in [-0.1, -0.05) is 0 Å². The first-order valence-corrected chi connectivity index (χ1v) is 8.19. The second-order valence-electron chi connectivity index (χ2n) is 6.75. The Morgan fingerprint density at radius 1 is 1.36 bits per heavy atom. The highest BCUT2D eigenvalue weighted by atomic mass is 19.4. The van der Waals surface area contributed by atoms with E-state index in [0.717, 1.165) is 17.2 Å². The summed E-state index contributed by atoms with van der Waals surface area (Å²) >= 11 is 0. The molecule has 2 aliphatic heterocycles. The van der Waals surface area contributed by atoms with Crippen LogP contribution in [0, 0.1) is 0 Å². The Morgan fingerprint density at radius 3 is 2.54 bits per heavy atom. The first-order valence-electron chi connectivity index (χ1n) is 8.19. The van der Waals surface area contributed by atoms with Crippen molar-refractivity contribution in [3.8, 4) is 5.75 Å². The Morgan fingerprint density at radius 2 is 2.04 bits per heavy atom. The molecule has 1 N–H and O–H groups in total. The summed E-state index contributed by atoms with van der Waals surface area (Å²) in [7, 11) is 0. The number of anilines is 1. The maximum Gasteiger partial charge on any atom is 0.422 e. The molecule has 2 fully saturated rings. The molecule has 0 radical (unpaired) electrons. The zero-order valence-corrected chi connectivity index (χ0v) is 14.4. The normalized spacial score (nSPS) is 20.0. The summed E-state index contributed by atoms with van der Waals surface area (Å²) in [5, 5.41) is 2.57. The lowest BCUT2D eigenvalue weighted by molar-refractivity contribution is -0.153. The number of hydrogen-bond donors (Lipinski definition) is 1. The van der Waals surface area contributed by atoms with E-state index < -0.39 is 43.2 Å². The van der Waals surface area contributed by atoms with Crippen molar-refractivity contribution >= 4 is 17.9 Å². The van der Waals surface area contributed by atoms with Gasteiger partial charge in [0.25, 0.3) is 11.8 Å². The zero-order valence-electron chi connectivity index (χ0n) is 14.4. The lowest BCUT2D eigenvalue weighted by Gasteiger charge is -2.41. The van der Waals surface area contributed by atoms with E-state index in [9.17, 15) is 31.5 Å². The third kappa shape index (κ3) is 4.49. The molecule has 28 heavy (non-hydrogen) atoms. The number of hydrogen-bond acceptors (Lipinski definition) is 6. The molecule has 1 aromatic heterocycles. The SMILES string of the molecule is O=CCC1(NC(=O)c2cc(OCC(F)(F)F)c(N3CC(F)(F)C3)cn2)COC1. The Balaban J connectivity index is 1.80. The quantitative estimate of drug-likeness (QED) is 0.544. The van der Waals surface area contributed by atoms with E-state index in [-0.39, 0.29) is 36.8 Å². The Hall–Kier alpha value is -2.50. The van der Waals surface area contributed by atoms with Gasteiger partial charge < -0.3 is 24.5 Å². The lowest BCUT2D eigenvalue weighted by Crippen LogP contribution is -2.62. The minimum atomic E-state index is -4.65. The summed E-state index contributed by atoms with van der Waals surface area (Å²) in [4.78, 5) is 28.1. The van der Waals surface area contributed by atoms with Gasteiger partial charge in [-0.15, -0.1) is 0 Å². The van der Waals surface area contributed by atoms with Crippen molar-refractivity contribution < 1.29 is 41.0 Å². The van der Waals surface area contributed by atoms with Crippen LogP contribution in [0.2, 0.25) is 0 Å². The fourth-order valence-corrected chi connectivity index (χ4v) is 2.80. The number of pyridine rings is 1. The number of ether oxygens (including phenoxy) is 2. The molecular formula is C16H16F5N3O4. The number of carbonyl (C=O) groups is 2. The van der Waals surface area contributed by atoms with E-state index in [4.69, 9.17) is 9.47 Å². The van der Waals surface area contributed by atoms with Crippen molar-refractivity contribution in [1.29, 1.82) is 0 Å². The van der Waals surface area contributed by atoms with Crippen LogP contribution < -0.4 is 15.0 Å². The highest BCUT2D eigenvalue weighted by Gasteiger charge is 2.45. The largest absolute Gasteiger partial charge is 0.482 e. The predicted molar refractivity (Wildman–Crippen MR) is 84.6 cm³/mol. The monoisotopic (exact) mass is 409 g/mol. The minimum absolute atomic E-state index is 0.00286. The van der Waals surface area contributed by atoms with E-state index in [1.54, 1.807) is 0 Å². The molecule has 7 nitrogen and oxygen atoms in total. The van der Waals surface area contributed by atoms with Crippen molar-refractivity contribution in [1.82, 2.24) is 10.3 Å². The van der Waals surface area contributed by atoms with Crippen molar-refractivity contribution in [3.05, 3.63) is 18.0 Å². The Kier molecular flexibility index (Phi) is 5.17. The number of aromatic nitrogens is 1. The number of alkyl halides is 5. The minimum Gasteiger partial charge on any atom is -0.482 e. The topological polar surface area (TPSA) is 80.8 Å². The molecule has 12 heteroatoms. The first kappa shape index (κ1) is 20.2. The highest BCUT2D eigenvalue weighted by molar-refractivity contribution is 5.94. The maximum atomic E-state index is 13.1. The van der Waals surface area contributed by atoms with Crippen molar-refractivity contribution in [2.75, 3.05) is 37.8 Å². The van der Waals surface area contributed by atoms with Crippen LogP contribution in [0.15, 0.2) is 12.3 Å². The van der Waals surface area contributed by atoms with E-state index in [1.165, 1.54) is 0 Å². The standard InChI is InChI=1S/C16H16F5N3O4/c17-15(18)5-24(6-15)11-4-22-10(3-12(11)28-9-16(19,20)21)13(26)23-14(1-2-25)7-27-8-14/h2-4H,1,5-9H2,(H,23,26). The summed E-state index contributed by atoms with van der Waals surface area (Å²) in [6.45, 7) is -2.82. The van der Waals surface area contributed by atoms with E-state index >= 15 is 0 Å². The number of halogens is 5. The van der Waals surface area contributed by atoms with E-state index in [2.05, 4.69) is 10.3 Å². The van der Waals surface area contributed by atoms with Gasteiger partial charge in [0.1, 0.15) is 17.7 Å². The fourth-order valence-electron chi connectivity index (χ4n) is 2.80. The number of rotatable bonds is 7. The van der Waals surface area contributed by atoms with Crippen LogP contribution in [0.4, 0.5) is 27.6 Å². The van der Waals surface area contributed by atoms with Crippen LogP contribution >= 0.6 is 0 Å². The molecule has 0 spiro atoms. The number of nitrogens with one attached hydrogen (secondary N) is 1. The van der Waals surface area contributed by atoms with Gasteiger partial charge in [0, 0.05) is 12.5 Å². The van der Waals surface area contributed by atoms with Gasteiger partial charge in [-0.2, -0.15) is 13.2 Å². The summed E-state index contributed by atoms with van der Waals surface area (Å²) in [5.41, 5.74) is -1.24. The molecule has 0 aliphatic carbocycles. The van der Waals surface area contributed by atoms with Gasteiger partial charge in [0.15, 0.2) is 6.61 Å². The van der Waals surface area contributed by atoms with Gasteiger partial charge in [-0.05, 0) is 0 Å². The summed E-state index contributed by atoms with van der Waals surface area (Å²) in [6.07, 6.45) is -3.03. The average molecular weight is 409 g/mol. The molecule has 0 saturated carbocycles. The van der Waals surface area contributed by atoms with E-state index in [0.29, 0.717) is 6.29 Å². The molecule has 1 amide bonds. The van der Waals surface area contributed by atoms with Crippen molar-refractivity contribution in [3.63, 3.8) is 0 Å². The fraction of sp³-hybridized carbons (Fsp3) is 0.562. The molecule has 0 unspecified atom stereocenters. The van der Waals surface area contributed by atoms with Gasteiger partial charge in [-0.25, -0.2) is 13.8 Å². The first-order chi connectivity index (χ1) is 13.0. The zero-order chi connectivity index (χ0) is 20.6. The van der Waals surface area contributed by atoms with Gasteiger partial charge in [0.05, 0.1) is 43.7 Å². The number of aldehydes is 1. The average Bonchev–Trinajstić information content (AvgIpc) is 2.55. The molecule has 154 valence electrons. The molecule has 0 bridgehead atoms. The second-order valence-corrected chi connectivity index (χ2v) is 6.75. The van der Waals surface area contributed by atoms with Crippen molar-refractivity contribution in [2.45, 2.75) is 24.1 Å². The summed E-state index contributed by atoms with van der Waals surface area (Å²) in [6, 6.07) is 0.959. The van der Waals surface area contributed by atoms with Gasteiger partial charge in [-0.3, -0.25) is 4.79 Å².